The lowest BCUT2D eigenvalue weighted by atomic mass is 9.86. The van der Waals surface area contributed by atoms with E-state index in [2.05, 4.69) is 48.0 Å². The van der Waals surface area contributed by atoms with Gasteiger partial charge in [-0.1, -0.05) is 35.0 Å². The molecule has 0 aliphatic carbocycles. The Balaban J connectivity index is 2.85. The molecule has 4 N–H and O–H groups in total. The van der Waals surface area contributed by atoms with E-state index >= 15 is 0 Å². The van der Waals surface area contributed by atoms with Gasteiger partial charge in [-0.25, -0.2) is 0 Å². The second kappa shape index (κ2) is 7.14. The van der Waals surface area contributed by atoms with Crippen LogP contribution >= 0.6 is 15.9 Å². The summed E-state index contributed by atoms with van der Waals surface area (Å²) in [5.74, 6) is 0.968. The van der Waals surface area contributed by atoms with E-state index in [1.165, 1.54) is 15.6 Å². The van der Waals surface area contributed by atoms with Crippen molar-refractivity contribution in [3.05, 3.63) is 33.8 Å². The first kappa shape index (κ1) is 14.7. The molecule has 0 aromatic heterocycles. The molecule has 3 heteroatoms. The first-order chi connectivity index (χ1) is 8.12. The van der Waals surface area contributed by atoms with Crippen LogP contribution in [0.5, 0.6) is 0 Å². The van der Waals surface area contributed by atoms with Crippen molar-refractivity contribution in [3.63, 3.8) is 0 Å². The fourth-order valence-electron chi connectivity index (χ4n) is 2.17. The van der Waals surface area contributed by atoms with E-state index in [0.717, 1.165) is 12.8 Å². The standard InChI is InChI=1S/C14H23BrN2/c1-3-12(7-11(8-16)9-17)13-5-4-10(2)6-14(13)15/h4-6,11-12H,3,7-9,16-17H2,1-2H3. The summed E-state index contributed by atoms with van der Waals surface area (Å²) in [4.78, 5) is 0. The van der Waals surface area contributed by atoms with Gasteiger partial charge in [-0.2, -0.15) is 0 Å². The third-order valence-electron chi connectivity index (χ3n) is 3.37. The molecule has 1 aromatic rings. The molecule has 0 amide bonds. The number of aryl methyl sites for hydroxylation is 1. The molecule has 0 fully saturated rings. The van der Waals surface area contributed by atoms with Crippen molar-refractivity contribution >= 4 is 15.9 Å². The molecule has 1 aromatic carbocycles. The number of hydrogen-bond donors (Lipinski definition) is 2. The molecule has 0 heterocycles. The fourth-order valence-corrected chi connectivity index (χ4v) is 2.98. The Morgan fingerprint density at radius 2 is 1.88 bits per heavy atom. The lowest BCUT2D eigenvalue weighted by molar-refractivity contribution is 0.441. The van der Waals surface area contributed by atoms with Gasteiger partial charge in [-0.15, -0.1) is 0 Å². The van der Waals surface area contributed by atoms with Crippen LogP contribution in [0.1, 0.15) is 36.8 Å². The van der Waals surface area contributed by atoms with Gasteiger partial charge in [-0.3, -0.25) is 0 Å². The predicted octanol–water partition coefficient (Wildman–Crippen LogP) is 3.17. The van der Waals surface area contributed by atoms with E-state index in [9.17, 15) is 0 Å². The zero-order chi connectivity index (χ0) is 12.8. The SMILES string of the molecule is CCC(CC(CN)CN)c1ccc(C)cc1Br. The molecule has 0 spiro atoms. The highest BCUT2D eigenvalue weighted by molar-refractivity contribution is 9.10. The van der Waals surface area contributed by atoms with Crippen molar-refractivity contribution in [2.75, 3.05) is 13.1 Å². The Morgan fingerprint density at radius 1 is 1.24 bits per heavy atom. The van der Waals surface area contributed by atoms with Crippen molar-refractivity contribution in [1.29, 1.82) is 0 Å². The van der Waals surface area contributed by atoms with Crippen molar-refractivity contribution in [2.24, 2.45) is 17.4 Å². The molecule has 1 atom stereocenters. The Labute approximate surface area is 113 Å². The summed E-state index contributed by atoms with van der Waals surface area (Å²) in [6.45, 7) is 5.69. The minimum atomic E-state index is 0.424. The van der Waals surface area contributed by atoms with Gasteiger partial charge in [0, 0.05) is 4.47 Å². The molecular formula is C14H23BrN2. The van der Waals surface area contributed by atoms with Crippen LogP contribution in [0.2, 0.25) is 0 Å². The first-order valence-corrected chi connectivity index (χ1v) is 7.07. The summed E-state index contributed by atoms with van der Waals surface area (Å²) >= 11 is 3.66. The van der Waals surface area contributed by atoms with Gasteiger partial charge in [0.1, 0.15) is 0 Å². The molecule has 1 rings (SSSR count). The van der Waals surface area contributed by atoms with E-state index in [1.807, 2.05) is 0 Å². The van der Waals surface area contributed by atoms with Gasteiger partial charge in [0.05, 0.1) is 0 Å². The van der Waals surface area contributed by atoms with Crippen LogP contribution in [-0.2, 0) is 0 Å². The molecule has 0 bridgehead atoms. The van der Waals surface area contributed by atoms with Crippen molar-refractivity contribution < 1.29 is 0 Å². The zero-order valence-electron chi connectivity index (χ0n) is 10.7. The fraction of sp³-hybridized carbons (Fsp3) is 0.571. The lowest BCUT2D eigenvalue weighted by Crippen LogP contribution is -2.25. The highest BCUT2D eigenvalue weighted by atomic mass is 79.9. The third-order valence-corrected chi connectivity index (χ3v) is 4.06. The number of rotatable bonds is 6. The average molecular weight is 299 g/mol. The lowest BCUT2D eigenvalue weighted by Gasteiger charge is -2.22. The Morgan fingerprint density at radius 3 is 2.35 bits per heavy atom. The number of hydrogen-bond acceptors (Lipinski definition) is 2. The molecule has 0 radical (unpaired) electrons. The summed E-state index contributed by atoms with van der Waals surface area (Å²) in [7, 11) is 0. The van der Waals surface area contributed by atoms with Gasteiger partial charge in [0.15, 0.2) is 0 Å². The molecule has 0 aliphatic heterocycles. The van der Waals surface area contributed by atoms with Crippen LogP contribution in [0.25, 0.3) is 0 Å². The maximum atomic E-state index is 5.73. The summed E-state index contributed by atoms with van der Waals surface area (Å²) in [5, 5.41) is 0. The van der Waals surface area contributed by atoms with Gasteiger partial charge < -0.3 is 11.5 Å². The highest BCUT2D eigenvalue weighted by Gasteiger charge is 2.17. The molecule has 0 saturated carbocycles. The Bertz CT molecular complexity index is 348. The highest BCUT2D eigenvalue weighted by Crippen LogP contribution is 2.32. The molecule has 0 aliphatic rings. The van der Waals surface area contributed by atoms with Gasteiger partial charge in [0.25, 0.3) is 0 Å². The second-order valence-corrected chi connectivity index (χ2v) is 5.56. The Hall–Kier alpha value is -0.380. The minimum Gasteiger partial charge on any atom is -0.330 e. The van der Waals surface area contributed by atoms with Crippen LogP contribution in [0.4, 0.5) is 0 Å². The smallest absolute Gasteiger partial charge is 0.0212 e. The average Bonchev–Trinajstić information content (AvgIpc) is 2.32. The van der Waals surface area contributed by atoms with E-state index < -0.39 is 0 Å². The molecule has 17 heavy (non-hydrogen) atoms. The van der Waals surface area contributed by atoms with Gasteiger partial charge >= 0.3 is 0 Å². The van der Waals surface area contributed by atoms with E-state index in [-0.39, 0.29) is 0 Å². The normalized spacial score (nSPS) is 13.1. The van der Waals surface area contributed by atoms with Crippen molar-refractivity contribution in [1.82, 2.24) is 0 Å². The maximum absolute atomic E-state index is 5.73. The minimum absolute atomic E-state index is 0.424. The first-order valence-electron chi connectivity index (χ1n) is 6.28. The van der Waals surface area contributed by atoms with Crippen molar-refractivity contribution in [3.8, 4) is 0 Å². The van der Waals surface area contributed by atoms with Crippen LogP contribution in [0.3, 0.4) is 0 Å². The van der Waals surface area contributed by atoms with E-state index in [4.69, 9.17) is 11.5 Å². The summed E-state index contributed by atoms with van der Waals surface area (Å²) in [6, 6.07) is 6.57. The monoisotopic (exact) mass is 298 g/mol. The van der Waals surface area contributed by atoms with Gasteiger partial charge in [0.2, 0.25) is 0 Å². The van der Waals surface area contributed by atoms with Crippen LogP contribution in [-0.4, -0.2) is 13.1 Å². The Kier molecular flexibility index (Phi) is 6.17. The third kappa shape index (κ3) is 4.09. The number of benzene rings is 1. The van der Waals surface area contributed by atoms with Gasteiger partial charge in [-0.05, 0) is 61.9 Å². The molecular weight excluding hydrogens is 276 g/mol. The molecule has 0 saturated heterocycles. The molecule has 96 valence electrons. The summed E-state index contributed by atoms with van der Waals surface area (Å²) in [5.41, 5.74) is 14.1. The topological polar surface area (TPSA) is 52.0 Å². The summed E-state index contributed by atoms with van der Waals surface area (Å²) < 4.78 is 1.21. The van der Waals surface area contributed by atoms with E-state index in [0.29, 0.717) is 24.9 Å². The van der Waals surface area contributed by atoms with Crippen LogP contribution < -0.4 is 11.5 Å². The maximum Gasteiger partial charge on any atom is 0.0212 e. The quantitative estimate of drug-likeness (QED) is 0.847. The number of halogens is 1. The second-order valence-electron chi connectivity index (χ2n) is 4.70. The molecule has 1 unspecified atom stereocenters. The predicted molar refractivity (Wildman–Crippen MR) is 78.1 cm³/mol. The van der Waals surface area contributed by atoms with E-state index in [1.54, 1.807) is 0 Å². The van der Waals surface area contributed by atoms with Crippen LogP contribution in [0, 0.1) is 12.8 Å². The zero-order valence-corrected chi connectivity index (χ0v) is 12.3. The van der Waals surface area contributed by atoms with Crippen molar-refractivity contribution in [2.45, 2.75) is 32.6 Å². The van der Waals surface area contributed by atoms with Crippen LogP contribution in [0.15, 0.2) is 22.7 Å². The largest absolute Gasteiger partial charge is 0.330 e. The molecule has 2 nitrogen and oxygen atoms in total. The summed E-state index contributed by atoms with van der Waals surface area (Å²) in [6.07, 6.45) is 2.20. The number of nitrogens with two attached hydrogens (primary N) is 2.